The van der Waals surface area contributed by atoms with Crippen LogP contribution in [0, 0.1) is 0 Å². The van der Waals surface area contributed by atoms with E-state index in [2.05, 4.69) is 21.1 Å². The molecule has 10 nitrogen and oxygen atoms in total. The predicted octanol–water partition coefficient (Wildman–Crippen LogP) is 0.896. The van der Waals surface area contributed by atoms with Crippen molar-refractivity contribution >= 4 is 51.6 Å². The van der Waals surface area contributed by atoms with Crippen molar-refractivity contribution in [2.45, 2.75) is 37.2 Å². The van der Waals surface area contributed by atoms with Crippen LogP contribution in [0.1, 0.15) is 23.2 Å². The number of rotatable bonds is 7. The fraction of sp³-hybridized carbons (Fsp3) is 0.348. The number of carboxylic acid groups (broad SMARTS) is 1. The summed E-state index contributed by atoms with van der Waals surface area (Å²) < 4.78 is 2.09. The Balaban J connectivity index is 1.36. The van der Waals surface area contributed by atoms with Crippen molar-refractivity contribution < 1.29 is 28.9 Å². The Hall–Kier alpha value is -3.38. The molecular formula is C23H24N5O5S2+. The van der Waals surface area contributed by atoms with Gasteiger partial charge in [-0.2, -0.15) is 4.57 Å². The number of nitrogens with one attached hydrogen (secondary N) is 1. The lowest BCUT2D eigenvalue weighted by atomic mass is 10.0. The number of aliphatic carboxylic acids is 1. The minimum absolute atomic E-state index is 0.00321. The molecule has 35 heavy (non-hydrogen) atoms. The maximum Gasteiger partial charge on any atom is 0.352 e. The zero-order chi connectivity index (χ0) is 24.7. The van der Waals surface area contributed by atoms with Gasteiger partial charge in [0.25, 0.3) is 11.8 Å². The number of nitrogens with zero attached hydrogens (tertiary/aromatic N) is 3. The molecule has 2 aromatic heterocycles. The summed E-state index contributed by atoms with van der Waals surface area (Å²) in [6.45, 7) is 0.412. The van der Waals surface area contributed by atoms with Gasteiger partial charge in [0.15, 0.2) is 24.1 Å². The minimum Gasteiger partial charge on any atom is -0.477 e. The standard InChI is InChI=1S/C23H23N5O5S2/c1-33-26-17(13-8-16(24)34-10-13)20(29)25-18-21(30)28-19(23(31)32)14(11-35-22(18)28)9-27-7-3-5-12-4-2-6-15(12)27/h3,5,7-8,10,18,22H,2,4,6,9,11,24H2,1H3,(H-,25,29,31,32)/p+1/b26-17+. The zero-order valence-corrected chi connectivity index (χ0v) is 20.5. The van der Waals surface area contributed by atoms with Crippen LogP contribution in [-0.4, -0.2) is 57.8 Å². The maximum atomic E-state index is 13.1. The van der Waals surface area contributed by atoms with E-state index in [0.29, 0.717) is 28.4 Å². The van der Waals surface area contributed by atoms with Crippen LogP contribution in [0.5, 0.6) is 0 Å². The van der Waals surface area contributed by atoms with Crippen molar-refractivity contribution in [1.29, 1.82) is 0 Å². The number of hydrogen-bond donors (Lipinski definition) is 3. The molecule has 0 saturated carbocycles. The lowest BCUT2D eigenvalue weighted by Crippen LogP contribution is -2.71. The summed E-state index contributed by atoms with van der Waals surface area (Å²) in [5.41, 5.74) is 9.43. The highest BCUT2D eigenvalue weighted by molar-refractivity contribution is 8.00. The second kappa shape index (κ2) is 9.34. The van der Waals surface area contributed by atoms with Gasteiger partial charge in [0.05, 0.1) is 5.00 Å². The summed E-state index contributed by atoms with van der Waals surface area (Å²) in [5, 5.41) is 18.2. The number of aryl methyl sites for hydroxylation is 1. The van der Waals surface area contributed by atoms with Crippen molar-refractivity contribution in [3.05, 3.63) is 57.9 Å². The van der Waals surface area contributed by atoms with Crippen molar-refractivity contribution in [2.24, 2.45) is 5.16 Å². The van der Waals surface area contributed by atoms with Gasteiger partial charge < -0.3 is 21.0 Å². The number of thiophene rings is 1. The molecule has 4 heterocycles. The maximum absolute atomic E-state index is 13.1. The normalized spacial score (nSPS) is 21.3. The summed E-state index contributed by atoms with van der Waals surface area (Å²) in [6, 6.07) is 4.82. The van der Waals surface area contributed by atoms with Gasteiger partial charge in [-0.1, -0.05) is 5.16 Å². The number of oxime groups is 1. The van der Waals surface area contributed by atoms with E-state index in [0.717, 1.165) is 19.3 Å². The van der Waals surface area contributed by atoms with E-state index in [9.17, 15) is 19.5 Å². The minimum atomic E-state index is -1.15. The third-order valence-electron chi connectivity index (χ3n) is 6.33. The van der Waals surface area contributed by atoms with Crippen LogP contribution in [0.25, 0.3) is 0 Å². The van der Waals surface area contributed by atoms with Gasteiger partial charge >= 0.3 is 5.97 Å². The third kappa shape index (κ3) is 4.16. The molecule has 0 bridgehead atoms. The number of β-lactam (4-membered cyclic amide) rings is 1. The predicted molar refractivity (Wildman–Crippen MR) is 131 cm³/mol. The first kappa shape index (κ1) is 23.4. The molecule has 2 amide bonds. The van der Waals surface area contributed by atoms with Gasteiger partial charge in [-0.05, 0) is 25.0 Å². The van der Waals surface area contributed by atoms with Crippen molar-refractivity contribution in [3.63, 3.8) is 0 Å². The van der Waals surface area contributed by atoms with E-state index in [1.807, 2.05) is 12.3 Å². The van der Waals surface area contributed by atoms with Crippen LogP contribution in [0.4, 0.5) is 5.00 Å². The highest BCUT2D eigenvalue weighted by Crippen LogP contribution is 2.40. The fourth-order valence-electron chi connectivity index (χ4n) is 4.77. The Morgan fingerprint density at radius 3 is 2.94 bits per heavy atom. The summed E-state index contributed by atoms with van der Waals surface area (Å²) in [6.07, 6.45) is 5.02. The number of fused-ring (bicyclic) bond motifs is 2. The number of nitrogen functional groups attached to an aromatic ring is 1. The van der Waals surface area contributed by atoms with Gasteiger partial charge in [-0.25, -0.2) is 4.79 Å². The van der Waals surface area contributed by atoms with Crippen LogP contribution >= 0.6 is 23.1 Å². The van der Waals surface area contributed by atoms with Crippen LogP contribution in [0.3, 0.4) is 0 Å². The average Bonchev–Trinajstić information content (AvgIpc) is 3.49. The van der Waals surface area contributed by atoms with E-state index in [4.69, 9.17) is 10.6 Å². The number of pyridine rings is 1. The van der Waals surface area contributed by atoms with Gasteiger partial charge in [0.1, 0.15) is 24.2 Å². The number of thioether (sulfide) groups is 1. The van der Waals surface area contributed by atoms with Gasteiger partial charge in [0.2, 0.25) is 0 Å². The molecular weight excluding hydrogens is 490 g/mol. The molecule has 2 atom stereocenters. The second-order valence-electron chi connectivity index (χ2n) is 8.44. The molecule has 1 fully saturated rings. The molecule has 12 heteroatoms. The SMILES string of the molecule is CO/N=C(/C(=O)NC1C(=O)N2C(C(=O)O)=C(C[n+]3cccc4c3CCC4)CSC12)c1csc(N)c1. The van der Waals surface area contributed by atoms with Crippen molar-refractivity contribution in [1.82, 2.24) is 10.2 Å². The number of nitrogens with two attached hydrogens (primary N) is 1. The Labute approximate surface area is 209 Å². The molecule has 182 valence electrons. The highest BCUT2D eigenvalue weighted by atomic mass is 32.2. The lowest BCUT2D eigenvalue weighted by Gasteiger charge is -2.49. The number of carbonyl (C=O) groups is 3. The summed E-state index contributed by atoms with van der Waals surface area (Å²) in [5.74, 6) is -1.76. The number of anilines is 1. The molecule has 1 aliphatic carbocycles. The van der Waals surface area contributed by atoms with Crippen molar-refractivity contribution in [2.75, 3.05) is 18.6 Å². The summed E-state index contributed by atoms with van der Waals surface area (Å²) in [4.78, 5) is 44.3. The van der Waals surface area contributed by atoms with E-state index >= 15 is 0 Å². The molecule has 4 N–H and O–H groups in total. The van der Waals surface area contributed by atoms with Crippen LogP contribution < -0.4 is 15.6 Å². The summed E-state index contributed by atoms with van der Waals surface area (Å²) in [7, 11) is 1.32. The van der Waals surface area contributed by atoms with Crippen LogP contribution in [0.2, 0.25) is 0 Å². The zero-order valence-electron chi connectivity index (χ0n) is 18.9. The van der Waals surface area contributed by atoms with Crippen molar-refractivity contribution in [3.8, 4) is 0 Å². The molecule has 3 aliphatic rings. The smallest absolute Gasteiger partial charge is 0.352 e. The number of carboxylic acids is 1. The first-order valence-corrected chi connectivity index (χ1v) is 13.0. The Bertz CT molecular complexity index is 1290. The average molecular weight is 515 g/mol. The number of hydrogen-bond acceptors (Lipinski definition) is 8. The van der Waals surface area contributed by atoms with Crippen LogP contribution in [-0.2, 0) is 38.6 Å². The number of aromatic nitrogens is 1. The Morgan fingerprint density at radius 1 is 1.40 bits per heavy atom. The second-order valence-corrected chi connectivity index (χ2v) is 10.5. The Kier molecular flexibility index (Phi) is 6.24. The van der Waals surface area contributed by atoms with Gasteiger partial charge in [-0.3, -0.25) is 14.5 Å². The number of carbonyl (C=O) groups excluding carboxylic acids is 2. The quantitative estimate of drug-likeness (QED) is 0.216. The first-order valence-electron chi connectivity index (χ1n) is 11.1. The largest absolute Gasteiger partial charge is 0.477 e. The van der Waals surface area contributed by atoms with Gasteiger partial charge in [-0.15, -0.1) is 23.1 Å². The first-order chi connectivity index (χ1) is 16.9. The topological polar surface area (TPSA) is 138 Å². The fourth-order valence-corrected chi connectivity index (χ4v) is 6.75. The third-order valence-corrected chi connectivity index (χ3v) is 8.43. The molecule has 2 aliphatic heterocycles. The Morgan fingerprint density at radius 2 is 2.23 bits per heavy atom. The lowest BCUT2D eigenvalue weighted by molar-refractivity contribution is -0.696. The van der Waals surface area contributed by atoms with Crippen LogP contribution in [0.15, 0.2) is 46.2 Å². The number of amides is 2. The monoisotopic (exact) mass is 514 g/mol. The summed E-state index contributed by atoms with van der Waals surface area (Å²) >= 11 is 2.69. The molecule has 0 aromatic carbocycles. The molecule has 0 radical (unpaired) electrons. The van der Waals surface area contributed by atoms with E-state index < -0.39 is 29.2 Å². The van der Waals surface area contributed by atoms with E-state index in [-0.39, 0.29) is 11.4 Å². The highest BCUT2D eigenvalue weighted by Gasteiger charge is 2.54. The van der Waals surface area contributed by atoms with E-state index in [1.165, 1.54) is 46.4 Å². The molecule has 2 unspecified atom stereocenters. The molecule has 5 rings (SSSR count). The van der Waals surface area contributed by atoms with Gasteiger partial charge in [0, 0.05) is 40.3 Å². The molecule has 2 aromatic rings. The molecule has 0 spiro atoms. The van der Waals surface area contributed by atoms with E-state index in [1.54, 1.807) is 11.4 Å². The molecule has 1 saturated heterocycles.